The van der Waals surface area contributed by atoms with Crippen LogP contribution in [-0.2, 0) is 9.53 Å². The van der Waals surface area contributed by atoms with E-state index in [0.29, 0.717) is 22.8 Å². The van der Waals surface area contributed by atoms with Gasteiger partial charge < -0.3 is 25.0 Å². The number of ether oxygens (including phenoxy) is 2. The van der Waals surface area contributed by atoms with Gasteiger partial charge in [0.15, 0.2) is 0 Å². The Kier molecular flexibility index (Phi) is 8.68. The van der Waals surface area contributed by atoms with Crippen molar-refractivity contribution < 1.29 is 14.3 Å². The normalized spacial score (nSPS) is 14.1. The summed E-state index contributed by atoms with van der Waals surface area (Å²) < 4.78 is 11.6. The number of amides is 1. The Labute approximate surface area is 213 Å². The van der Waals surface area contributed by atoms with Crippen LogP contribution in [0.2, 0.25) is 0 Å². The molecule has 0 unspecified atom stereocenters. The molecule has 1 saturated heterocycles. The molecule has 35 heavy (non-hydrogen) atoms. The van der Waals surface area contributed by atoms with Crippen molar-refractivity contribution in [3.05, 3.63) is 58.8 Å². The number of benzene rings is 2. The molecule has 9 heteroatoms. The van der Waals surface area contributed by atoms with Crippen LogP contribution in [0.15, 0.2) is 58.8 Å². The Hall–Kier alpha value is -3.01. The summed E-state index contributed by atoms with van der Waals surface area (Å²) in [4.78, 5) is 24.1. The van der Waals surface area contributed by atoms with Gasteiger partial charge in [0.1, 0.15) is 17.9 Å². The van der Waals surface area contributed by atoms with E-state index in [1.165, 1.54) is 6.33 Å². The van der Waals surface area contributed by atoms with Gasteiger partial charge in [-0.25, -0.2) is 9.97 Å². The number of nitrogens with one attached hydrogen (secondary N) is 2. The molecule has 0 spiro atoms. The first-order valence-electron chi connectivity index (χ1n) is 11.6. The Morgan fingerprint density at radius 3 is 2.74 bits per heavy atom. The summed E-state index contributed by atoms with van der Waals surface area (Å²) >= 11 is 3.49. The van der Waals surface area contributed by atoms with E-state index in [1.807, 2.05) is 36.4 Å². The fourth-order valence-corrected chi connectivity index (χ4v) is 4.55. The molecule has 1 fully saturated rings. The van der Waals surface area contributed by atoms with E-state index in [0.717, 1.165) is 66.6 Å². The van der Waals surface area contributed by atoms with Gasteiger partial charge >= 0.3 is 0 Å². The van der Waals surface area contributed by atoms with Crippen molar-refractivity contribution >= 4 is 49.9 Å². The third-order valence-electron chi connectivity index (χ3n) is 5.96. The van der Waals surface area contributed by atoms with Gasteiger partial charge in [0.2, 0.25) is 5.91 Å². The minimum atomic E-state index is -0.163. The zero-order chi connectivity index (χ0) is 24.6. The second-order valence-corrected chi connectivity index (χ2v) is 9.32. The number of fused-ring (bicyclic) bond motifs is 1. The molecule has 0 bridgehead atoms. The summed E-state index contributed by atoms with van der Waals surface area (Å²) in [6.45, 7) is 3.73. The maximum absolute atomic E-state index is 12.9. The van der Waals surface area contributed by atoms with Crippen molar-refractivity contribution in [2.75, 3.05) is 51.1 Å². The summed E-state index contributed by atoms with van der Waals surface area (Å²) in [6, 6.07) is 11.5. The number of hydrogen-bond donors (Lipinski definition) is 2. The molecule has 8 nitrogen and oxygen atoms in total. The fourth-order valence-electron chi connectivity index (χ4n) is 4.15. The van der Waals surface area contributed by atoms with E-state index in [9.17, 15) is 4.79 Å². The largest absolute Gasteiger partial charge is 0.494 e. The van der Waals surface area contributed by atoms with Crippen molar-refractivity contribution in [1.82, 2.24) is 14.9 Å². The molecule has 2 N–H and O–H groups in total. The molecule has 0 radical (unpaired) electrons. The molecule has 1 aliphatic heterocycles. The van der Waals surface area contributed by atoms with Crippen molar-refractivity contribution in [3.8, 4) is 5.75 Å². The van der Waals surface area contributed by atoms with Crippen LogP contribution in [0.25, 0.3) is 10.9 Å². The lowest BCUT2D eigenvalue weighted by Gasteiger charge is -2.28. The Bertz CT molecular complexity index is 1210. The standard InChI is InChI=1S/C26H30BrN5O3/c1-34-12-4-9-32-10-7-18(8-11-32)13-25(33)31-23-15-21-22(16-24(23)35-2)28-17-29-26(21)30-20-6-3-5-19(27)14-20/h3,5-6,13-17H,4,7-12H2,1-2H3,(H,31,33)(H,28,29,30). The number of aromatic nitrogens is 2. The van der Waals surface area contributed by atoms with Crippen LogP contribution < -0.4 is 15.4 Å². The summed E-state index contributed by atoms with van der Waals surface area (Å²) in [5.41, 5.74) is 3.34. The van der Waals surface area contributed by atoms with Crippen LogP contribution >= 0.6 is 15.9 Å². The van der Waals surface area contributed by atoms with Crippen LogP contribution in [-0.4, -0.2) is 61.2 Å². The molecule has 0 aliphatic carbocycles. The van der Waals surface area contributed by atoms with E-state index in [4.69, 9.17) is 9.47 Å². The molecular formula is C26H30BrN5O3. The van der Waals surface area contributed by atoms with Crippen LogP contribution in [0.5, 0.6) is 5.75 Å². The molecule has 0 atom stereocenters. The SMILES string of the molecule is COCCCN1CCC(=CC(=O)Nc2cc3c(Nc4cccc(Br)c4)ncnc3cc2OC)CC1. The average Bonchev–Trinajstić information content (AvgIpc) is 2.85. The van der Waals surface area contributed by atoms with Gasteiger partial charge in [-0.2, -0.15) is 0 Å². The van der Waals surface area contributed by atoms with Crippen LogP contribution in [0.3, 0.4) is 0 Å². The summed E-state index contributed by atoms with van der Waals surface area (Å²) in [7, 11) is 3.31. The highest BCUT2D eigenvalue weighted by atomic mass is 79.9. The second kappa shape index (κ2) is 12.1. The molecule has 2 aromatic carbocycles. The molecule has 4 rings (SSSR count). The molecular weight excluding hydrogens is 510 g/mol. The fraction of sp³-hybridized carbons (Fsp3) is 0.346. The Morgan fingerprint density at radius 1 is 1.17 bits per heavy atom. The predicted molar refractivity (Wildman–Crippen MR) is 142 cm³/mol. The van der Waals surface area contributed by atoms with Crippen LogP contribution in [0.4, 0.5) is 17.2 Å². The van der Waals surface area contributed by atoms with Gasteiger partial charge in [0, 0.05) is 61.0 Å². The average molecular weight is 540 g/mol. The van der Waals surface area contributed by atoms with Gasteiger partial charge in [-0.1, -0.05) is 27.6 Å². The van der Waals surface area contributed by atoms with Crippen molar-refractivity contribution in [3.63, 3.8) is 0 Å². The molecule has 184 valence electrons. The highest BCUT2D eigenvalue weighted by molar-refractivity contribution is 9.10. The van der Waals surface area contributed by atoms with E-state index in [1.54, 1.807) is 20.3 Å². The molecule has 2 heterocycles. The third-order valence-corrected chi connectivity index (χ3v) is 6.45. The lowest BCUT2D eigenvalue weighted by atomic mass is 10.0. The topological polar surface area (TPSA) is 88.6 Å². The van der Waals surface area contributed by atoms with Gasteiger partial charge in [-0.15, -0.1) is 0 Å². The first-order chi connectivity index (χ1) is 17.1. The van der Waals surface area contributed by atoms with Crippen molar-refractivity contribution in [2.45, 2.75) is 19.3 Å². The first-order valence-corrected chi connectivity index (χ1v) is 12.4. The zero-order valence-corrected chi connectivity index (χ0v) is 21.6. The highest BCUT2D eigenvalue weighted by Crippen LogP contribution is 2.33. The van der Waals surface area contributed by atoms with Crippen molar-refractivity contribution in [2.24, 2.45) is 0 Å². The number of anilines is 3. The molecule has 3 aromatic rings. The summed E-state index contributed by atoms with van der Waals surface area (Å²) in [5, 5.41) is 7.11. The molecule has 1 aliphatic rings. The monoisotopic (exact) mass is 539 g/mol. The lowest BCUT2D eigenvalue weighted by Crippen LogP contribution is -2.32. The lowest BCUT2D eigenvalue weighted by molar-refractivity contribution is -0.112. The molecule has 1 amide bonds. The van der Waals surface area contributed by atoms with E-state index < -0.39 is 0 Å². The Morgan fingerprint density at radius 2 is 2.00 bits per heavy atom. The summed E-state index contributed by atoms with van der Waals surface area (Å²) in [6.07, 6.45) is 6.04. The third kappa shape index (κ3) is 6.78. The predicted octanol–water partition coefficient (Wildman–Crippen LogP) is 5.14. The van der Waals surface area contributed by atoms with E-state index in [2.05, 4.69) is 41.4 Å². The van der Waals surface area contributed by atoms with Gasteiger partial charge in [-0.3, -0.25) is 4.79 Å². The number of nitrogens with zero attached hydrogens (tertiary/aromatic N) is 3. The maximum Gasteiger partial charge on any atom is 0.248 e. The number of methoxy groups -OCH3 is 2. The van der Waals surface area contributed by atoms with Crippen molar-refractivity contribution in [1.29, 1.82) is 0 Å². The van der Waals surface area contributed by atoms with Gasteiger partial charge in [0.05, 0.1) is 18.3 Å². The van der Waals surface area contributed by atoms with Crippen LogP contribution in [0, 0.1) is 0 Å². The zero-order valence-electron chi connectivity index (χ0n) is 20.0. The first kappa shape index (κ1) is 25.1. The minimum Gasteiger partial charge on any atom is -0.494 e. The van der Waals surface area contributed by atoms with Gasteiger partial charge in [0.25, 0.3) is 0 Å². The number of rotatable bonds is 9. The number of likely N-dealkylation sites (tertiary alicyclic amines) is 1. The van der Waals surface area contributed by atoms with Crippen LogP contribution in [0.1, 0.15) is 19.3 Å². The molecule has 0 saturated carbocycles. The number of piperidine rings is 1. The molecule has 1 aromatic heterocycles. The smallest absolute Gasteiger partial charge is 0.248 e. The maximum atomic E-state index is 12.9. The quantitative estimate of drug-likeness (QED) is 0.287. The Balaban J connectivity index is 1.49. The van der Waals surface area contributed by atoms with E-state index >= 15 is 0 Å². The number of halogens is 1. The van der Waals surface area contributed by atoms with Gasteiger partial charge in [-0.05, 0) is 43.5 Å². The minimum absolute atomic E-state index is 0.163. The number of carbonyl (C=O) groups is 1. The summed E-state index contributed by atoms with van der Waals surface area (Å²) in [5.74, 6) is 1.03. The number of carbonyl (C=O) groups excluding carboxylic acids is 1. The highest BCUT2D eigenvalue weighted by Gasteiger charge is 2.16. The second-order valence-electron chi connectivity index (χ2n) is 8.41. The number of hydrogen-bond acceptors (Lipinski definition) is 7. The van der Waals surface area contributed by atoms with E-state index in [-0.39, 0.29) is 5.91 Å².